The molecule has 25 heavy (non-hydrogen) atoms. The number of rotatable bonds is 10. The molecule has 10 nitrogen and oxygen atoms in total. The van der Waals surface area contributed by atoms with Crippen LogP contribution in [-0.4, -0.2) is 48.5 Å². The number of unbranched alkanes of at least 4 members (excludes halogenated alkanes) is 1. The maximum atomic E-state index is 11.7. The number of ether oxygens (including phenoxy) is 2. The number of carbonyl (C=O) groups is 4. The predicted molar refractivity (Wildman–Crippen MR) is 88.5 cm³/mol. The lowest BCUT2D eigenvalue weighted by molar-refractivity contribution is -0.167. The lowest BCUT2D eigenvalue weighted by atomic mass is 10.1. The number of hydrogen-bond donors (Lipinski definition) is 4. The van der Waals surface area contributed by atoms with E-state index < -0.39 is 48.4 Å². The van der Waals surface area contributed by atoms with Gasteiger partial charge in [0, 0.05) is 0 Å². The van der Waals surface area contributed by atoms with Crippen molar-refractivity contribution in [3.05, 3.63) is 0 Å². The van der Waals surface area contributed by atoms with Crippen LogP contribution < -0.4 is 22.9 Å². The van der Waals surface area contributed by atoms with Gasteiger partial charge in [0.1, 0.15) is 18.1 Å². The lowest BCUT2D eigenvalue weighted by Crippen LogP contribution is -2.42. The van der Waals surface area contributed by atoms with Crippen LogP contribution in [0, 0.1) is 5.92 Å². The Balaban J connectivity index is 4.34. The molecule has 10 heteroatoms. The molecule has 8 N–H and O–H groups in total. The molecular formula is C15H28N4O6. The molecule has 0 spiro atoms. The van der Waals surface area contributed by atoms with E-state index in [2.05, 4.69) is 9.47 Å². The summed E-state index contributed by atoms with van der Waals surface area (Å²) in [6.07, 6.45) is 0.970. The highest BCUT2D eigenvalue weighted by Crippen LogP contribution is 2.04. The maximum Gasteiger partial charge on any atom is 0.331 e. The maximum absolute atomic E-state index is 11.7. The van der Waals surface area contributed by atoms with Crippen molar-refractivity contribution in [2.24, 2.45) is 28.9 Å². The first-order valence-corrected chi connectivity index (χ1v) is 8.07. The first-order valence-electron chi connectivity index (χ1n) is 8.07. The summed E-state index contributed by atoms with van der Waals surface area (Å²) in [6, 6.07) is -3.42. The highest BCUT2D eigenvalue weighted by atomic mass is 16.6. The van der Waals surface area contributed by atoms with E-state index in [4.69, 9.17) is 22.9 Å². The summed E-state index contributed by atoms with van der Waals surface area (Å²) < 4.78 is 9.02. The Morgan fingerprint density at radius 1 is 0.840 bits per heavy atom. The quantitative estimate of drug-likeness (QED) is 0.198. The smallest absolute Gasteiger partial charge is 0.331 e. The summed E-state index contributed by atoms with van der Waals surface area (Å²) in [5, 5.41) is 0. The van der Waals surface area contributed by atoms with Gasteiger partial charge in [0.2, 0.25) is 0 Å². The molecule has 0 saturated carbocycles. The monoisotopic (exact) mass is 360 g/mol. The minimum Gasteiger partial charge on any atom is -0.392 e. The van der Waals surface area contributed by atoms with Crippen molar-refractivity contribution in [2.45, 2.75) is 57.7 Å². The molecule has 0 heterocycles. The Morgan fingerprint density at radius 3 is 1.92 bits per heavy atom. The van der Waals surface area contributed by atoms with Crippen LogP contribution in [0.1, 0.15) is 39.5 Å². The van der Waals surface area contributed by atoms with E-state index in [-0.39, 0.29) is 5.92 Å². The van der Waals surface area contributed by atoms with Crippen molar-refractivity contribution >= 4 is 23.9 Å². The van der Waals surface area contributed by atoms with E-state index in [1.807, 2.05) is 0 Å². The fourth-order valence-electron chi connectivity index (χ4n) is 1.63. The molecule has 0 aromatic rings. The van der Waals surface area contributed by atoms with Crippen molar-refractivity contribution in [2.75, 3.05) is 6.54 Å². The van der Waals surface area contributed by atoms with Crippen LogP contribution in [0.5, 0.6) is 0 Å². The molecule has 0 rings (SSSR count). The second-order valence-electron chi connectivity index (χ2n) is 6.00. The molecule has 0 amide bonds. The van der Waals surface area contributed by atoms with Gasteiger partial charge in [-0.05, 0) is 25.3 Å². The predicted octanol–water partition coefficient (Wildman–Crippen LogP) is -1.72. The van der Waals surface area contributed by atoms with Gasteiger partial charge in [-0.3, -0.25) is 4.79 Å². The van der Waals surface area contributed by atoms with E-state index in [0.717, 1.165) is 0 Å². The summed E-state index contributed by atoms with van der Waals surface area (Å²) in [7, 11) is 0. The molecule has 144 valence electrons. The van der Waals surface area contributed by atoms with E-state index in [1.54, 1.807) is 13.8 Å². The third-order valence-corrected chi connectivity index (χ3v) is 3.37. The van der Waals surface area contributed by atoms with Crippen LogP contribution in [0.2, 0.25) is 0 Å². The fourth-order valence-corrected chi connectivity index (χ4v) is 1.63. The molecule has 0 aliphatic rings. The molecule has 0 saturated heterocycles. The average molecular weight is 360 g/mol. The first kappa shape index (κ1) is 23.1. The molecule has 0 fully saturated rings. The average Bonchev–Trinajstić information content (AvgIpc) is 2.53. The van der Waals surface area contributed by atoms with Crippen LogP contribution in [0.4, 0.5) is 0 Å². The van der Waals surface area contributed by atoms with E-state index in [0.29, 0.717) is 25.8 Å². The van der Waals surface area contributed by atoms with Crippen molar-refractivity contribution in [3.63, 3.8) is 0 Å². The highest BCUT2D eigenvalue weighted by Gasteiger charge is 2.27. The molecule has 0 aromatic heterocycles. The lowest BCUT2D eigenvalue weighted by Gasteiger charge is -2.15. The Hall–Kier alpha value is -1.88. The summed E-state index contributed by atoms with van der Waals surface area (Å²) in [4.78, 5) is 46.4. The molecular weight excluding hydrogens is 332 g/mol. The van der Waals surface area contributed by atoms with Crippen molar-refractivity contribution in [1.29, 1.82) is 0 Å². The molecule has 0 aromatic carbocycles. The van der Waals surface area contributed by atoms with Gasteiger partial charge in [0.15, 0.2) is 0 Å². The molecule has 3 atom stereocenters. The zero-order valence-electron chi connectivity index (χ0n) is 14.6. The first-order chi connectivity index (χ1) is 11.6. The van der Waals surface area contributed by atoms with Crippen LogP contribution >= 0.6 is 0 Å². The largest absolute Gasteiger partial charge is 0.392 e. The Morgan fingerprint density at radius 2 is 1.40 bits per heavy atom. The van der Waals surface area contributed by atoms with Gasteiger partial charge in [-0.25, -0.2) is 14.4 Å². The summed E-state index contributed by atoms with van der Waals surface area (Å²) in [5.41, 5.74) is 21.9. The standard InChI is InChI=1S/C15H28N4O6/c1-8(2)12(19)15(23)24-11(20)7-10(18)14(22)25-13(21)9(17)5-3-4-6-16/h8-10,12H,3-7,16-19H2,1-2H3/t9-,10-,12-/m0/s1. The van der Waals surface area contributed by atoms with Crippen LogP contribution in [-0.2, 0) is 28.7 Å². The normalized spacial score (nSPS) is 14.5. The Kier molecular flexibility index (Phi) is 10.8. The molecule has 0 aliphatic carbocycles. The molecule has 0 unspecified atom stereocenters. The van der Waals surface area contributed by atoms with Gasteiger partial charge in [-0.1, -0.05) is 20.3 Å². The number of nitrogens with two attached hydrogens (primary N) is 4. The minimum absolute atomic E-state index is 0.225. The Bertz CT molecular complexity index is 483. The van der Waals surface area contributed by atoms with Gasteiger partial charge in [-0.2, -0.15) is 0 Å². The number of carbonyl (C=O) groups excluding carboxylic acids is 4. The second kappa shape index (κ2) is 11.6. The van der Waals surface area contributed by atoms with Crippen LogP contribution in [0.3, 0.4) is 0 Å². The highest BCUT2D eigenvalue weighted by molar-refractivity contribution is 5.94. The zero-order valence-corrected chi connectivity index (χ0v) is 14.6. The number of hydrogen-bond acceptors (Lipinski definition) is 10. The third kappa shape index (κ3) is 9.25. The van der Waals surface area contributed by atoms with Gasteiger partial charge < -0.3 is 32.4 Å². The Labute approximate surface area is 146 Å². The zero-order chi connectivity index (χ0) is 19.6. The summed E-state index contributed by atoms with van der Waals surface area (Å²) >= 11 is 0. The van der Waals surface area contributed by atoms with Crippen LogP contribution in [0.25, 0.3) is 0 Å². The third-order valence-electron chi connectivity index (χ3n) is 3.37. The van der Waals surface area contributed by atoms with E-state index in [1.165, 1.54) is 0 Å². The second-order valence-corrected chi connectivity index (χ2v) is 6.00. The fraction of sp³-hybridized carbons (Fsp3) is 0.733. The summed E-state index contributed by atoms with van der Waals surface area (Å²) in [5.74, 6) is -4.25. The van der Waals surface area contributed by atoms with Crippen molar-refractivity contribution < 1.29 is 28.7 Å². The topological polar surface area (TPSA) is 191 Å². The van der Waals surface area contributed by atoms with E-state index >= 15 is 0 Å². The SMILES string of the molecule is CC(C)[C@H](N)C(=O)OC(=O)C[C@H](N)C(=O)OC(=O)[C@@H](N)CCCCN. The van der Waals surface area contributed by atoms with Crippen molar-refractivity contribution in [1.82, 2.24) is 0 Å². The van der Waals surface area contributed by atoms with Gasteiger partial charge in [-0.15, -0.1) is 0 Å². The molecule has 0 bridgehead atoms. The molecule has 0 radical (unpaired) electrons. The van der Waals surface area contributed by atoms with Gasteiger partial charge >= 0.3 is 23.9 Å². The number of esters is 4. The van der Waals surface area contributed by atoms with Crippen molar-refractivity contribution in [3.8, 4) is 0 Å². The van der Waals surface area contributed by atoms with E-state index in [9.17, 15) is 19.2 Å². The molecule has 0 aliphatic heterocycles. The van der Waals surface area contributed by atoms with Gasteiger partial charge in [0.05, 0.1) is 6.42 Å². The van der Waals surface area contributed by atoms with Crippen LogP contribution in [0.15, 0.2) is 0 Å². The van der Waals surface area contributed by atoms with Gasteiger partial charge in [0.25, 0.3) is 0 Å². The summed E-state index contributed by atoms with van der Waals surface area (Å²) in [6.45, 7) is 3.83. The minimum atomic E-state index is -1.46.